The zero-order chi connectivity index (χ0) is 13.8. The molecule has 1 atom stereocenters. The molecular weight excluding hydrogens is 234 g/mol. The maximum atomic E-state index is 9.91. The third-order valence-electron chi connectivity index (χ3n) is 3.34. The third kappa shape index (κ3) is 3.58. The van der Waals surface area contributed by atoms with Crippen LogP contribution in [0.2, 0.25) is 0 Å². The average Bonchev–Trinajstić information content (AvgIpc) is 2.39. The molecule has 2 aromatic rings. The van der Waals surface area contributed by atoms with E-state index < -0.39 is 0 Å². The lowest BCUT2D eigenvalue weighted by Crippen LogP contribution is -2.18. The molecule has 100 valence electrons. The first-order chi connectivity index (χ1) is 9.06. The van der Waals surface area contributed by atoms with Crippen LogP contribution < -0.4 is 5.32 Å². The Hall–Kier alpha value is -1.80. The van der Waals surface area contributed by atoms with Gasteiger partial charge in [-0.25, -0.2) is 0 Å². The van der Waals surface area contributed by atoms with Gasteiger partial charge in [-0.05, 0) is 32.4 Å². The summed E-state index contributed by atoms with van der Waals surface area (Å²) in [4.78, 5) is 0. The molecule has 0 aliphatic rings. The highest BCUT2D eigenvalue weighted by Gasteiger charge is 2.09. The van der Waals surface area contributed by atoms with Crippen LogP contribution in [0.15, 0.2) is 42.5 Å². The Morgan fingerprint density at radius 1 is 1.05 bits per heavy atom. The lowest BCUT2D eigenvalue weighted by molar-refractivity contribution is 0.452. The summed E-state index contributed by atoms with van der Waals surface area (Å²) in [5, 5.41) is 13.4. The molecule has 0 saturated carbocycles. The normalized spacial score (nSPS) is 12.4. The van der Waals surface area contributed by atoms with Crippen LogP contribution in [0.1, 0.15) is 35.2 Å². The molecule has 1 unspecified atom stereocenters. The van der Waals surface area contributed by atoms with Crippen LogP contribution in [0.4, 0.5) is 0 Å². The van der Waals surface area contributed by atoms with Crippen molar-refractivity contribution in [3.05, 3.63) is 64.7 Å². The van der Waals surface area contributed by atoms with Crippen molar-refractivity contribution >= 4 is 0 Å². The SMILES string of the molecule is Cc1cccc(CNC(C)c2cc(C)ccc2O)c1. The number of hydrogen-bond donors (Lipinski definition) is 2. The number of aromatic hydroxyl groups is 1. The molecule has 2 aromatic carbocycles. The molecule has 0 radical (unpaired) electrons. The van der Waals surface area contributed by atoms with Crippen LogP contribution in [-0.2, 0) is 6.54 Å². The largest absolute Gasteiger partial charge is 0.508 e. The van der Waals surface area contributed by atoms with Gasteiger partial charge in [0.05, 0.1) is 0 Å². The quantitative estimate of drug-likeness (QED) is 0.869. The van der Waals surface area contributed by atoms with Gasteiger partial charge in [0.25, 0.3) is 0 Å². The molecular formula is C17H21NO. The van der Waals surface area contributed by atoms with Gasteiger partial charge in [0, 0.05) is 18.2 Å². The van der Waals surface area contributed by atoms with Gasteiger partial charge in [-0.15, -0.1) is 0 Å². The zero-order valence-corrected chi connectivity index (χ0v) is 11.8. The lowest BCUT2D eigenvalue weighted by Gasteiger charge is -2.16. The summed E-state index contributed by atoms with van der Waals surface area (Å²) in [7, 11) is 0. The molecule has 0 aliphatic heterocycles. The van der Waals surface area contributed by atoms with E-state index in [2.05, 4.69) is 43.4 Å². The van der Waals surface area contributed by atoms with Crippen molar-refractivity contribution in [2.45, 2.75) is 33.4 Å². The van der Waals surface area contributed by atoms with Gasteiger partial charge in [-0.2, -0.15) is 0 Å². The first kappa shape index (κ1) is 13.6. The van der Waals surface area contributed by atoms with Gasteiger partial charge in [0.15, 0.2) is 0 Å². The van der Waals surface area contributed by atoms with E-state index >= 15 is 0 Å². The fraction of sp³-hybridized carbons (Fsp3) is 0.294. The first-order valence-electron chi connectivity index (χ1n) is 6.64. The van der Waals surface area contributed by atoms with Crippen LogP contribution in [0.3, 0.4) is 0 Å². The maximum Gasteiger partial charge on any atom is 0.120 e. The molecule has 0 fully saturated rings. The van der Waals surface area contributed by atoms with E-state index in [1.807, 2.05) is 19.1 Å². The summed E-state index contributed by atoms with van der Waals surface area (Å²) in [6.07, 6.45) is 0. The fourth-order valence-electron chi connectivity index (χ4n) is 2.22. The minimum atomic E-state index is 0.125. The van der Waals surface area contributed by atoms with Crippen LogP contribution in [0.25, 0.3) is 0 Å². The van der Waals surface area contributed by atoms with E-state index in [4.69, 9.17) is 0 Å². The number of phenols is 1. The van der Waals surface area contributed by atoms with Crippen LogP contribution in [-0.4, -0.2) is 5.11 Å². The molecule has 2 rings (SSSR count). The molecule has 0 amide bonds. The van der Waals surface area contributed by atoms with Crippen LogP contribution in [0, 0.1) is 13.8 Å². The van der Waals surface area contributed by atoms with Gasteiger partial charge in [0.2, 0.25) is 0 Å². The number of rotatable bonds is 4. The number of benzene rings is 2. The molecule has 2 heteroatoms. The smallest absolute Gasteiger partial charge is 0.120 e. The van der Waals surface area contributed by atoms with Gasteiger partial charge in [0.1, 0.15) is 5.75 Å². The second kappa shape index (κ2) is 5.89. The Morgan fingerprint density at radius 3 is 2.53 bits per heavy atom. The van der Waals surface area contributed by atoms with Crippen LogP contribution in [0.5, 0.6) is 5.75 Å². The predicted octanol–water partition coefficient (Wildman–Crippen LogP) is 3.86. The average molecular weight is 255 g/mol. The Bertz CT molecular complexity index is 563. The van der Waals surface area contributed by atoms with Crippen molar-refractivity contribution < 1.29 is 5.11 Å². The van der Waals surface area contributed by atoms with Crippen molar-refractivity contribution in [2.75, 3.05) is 0 Å². The number of aryl methyl sites for hydroxylation is 2. The van der Waals surface area contributed by atoms with Crippen LogP contribution >= 0.6 is 0 Å². The Kier molecular flexibility index (Phi) is 4.23. The van der Waals surface area contributed by atoms with E-state index in [9.17, 15) is 5.11 Å². The summed E-state index contributed by atoms with van der Waals surface area (Å²) >= 11 is 0. The first-order valence-corrected chi connectivity index (χ1v) is 6.64. The number of nitrogens with one attached hydrogen (secondary N) is 1. The molecule has 0 bridgehead atoms. The van der Waals surface area contributed by atoms with Gasteiger partial charge in [-0.1, -0.05) is 47.5 Å². The second-order valence-corrected chi connectivity index (χ2v) is 5.15. The van der Waals surface area contributed by atoms with E-state index in [-0.39, 0.29) is 6.04 Å². The van der Waals surface area contributed by atoms with E-state index in [0.29, 0.717) is 5.75 Å². The topological polar surface area (TPSA) is 32.3 Å². The molecule has 19 heavy (non-hydrogen) atoms. The summed E-state index contributed by atoms with van der Waals surface area (Å²) in [6.45, 7) is 7.01. The number of phenolic OH excluding ortho intramolecular Hbond substituents is 1. The van der Waals surface area contributed by atoms with Crippen molar-refractivity contribution in [2.24, 2.45) is 0 Å². The van der Waals surface area contributed by atoms with Gasteiger partial charge >= 0.3 is 0 Å². The monoisotopic (exact) mass is 255 g/mol. The molecule has 0 aliphatic carbocycles. The summed E-state index contributed by atoms with van der Waals surface area (Å²) in [5.74, 6) is 0.356. The standard InChI is InChI=1S/C17H21NO/c1-12-5-4-6-15(9-12)11-18-14(3)16-10-13(2)7-8-17(16)19/h4-10,14,18-19H,11H2,1-3H3. The molecule has 0 aromatic heterocycles. The van der Waals surface area contributed by atoms with E-state index in [1.54, 1.807) is 6.07 Å². The molecule has 0 saturated heterocycles. The van der Waals surface area contributed by atoms with Crippen molar-refractivity contribution in [3.8, 4) is 5.75 Å². The van der Waals surface area contributed by atoms with Gasteiger partial charge < -0.3 is 10.4 Å². The fourth-order valence-corrected chi connectivity index (χ4v) is 2.22. The Balaban J connectivity index is 2.05. The molecule has 2 nitrogen and oxygen atoms in total. The predicted molar refractivity (Wildman–Crippen MR) is 79.3 cm³/mol. The maximum absolute atomic E-state index is 9.91. The Labute approximate surface area is 115 Å². The molecule has 0 spiro atoms. The summed E-state index contributed by atoms with van der Waals surface area (Å²) in [5.41, 5.74) is 4.65. The van der Waals surface area contributed by atoms with Crippen molar-refractivity contribution in [1.29, 1.82) is 0 Å². The van der Waals surface area contributed by atoms with Crippen molar-refractivity contribution in [1.82, 2.24) is 5.32 Å². The zero-order valence-electron chi connectivity index (χ0n) is 11.8. The van der Waals surface area contributed by atoms with Gasteiger partial charge in [-0.3, -0.25) is 0 Å². The van der Waals surface area contributed by atoms with Crippen molar-refractivity contribution in [3.63, 3.8) is 0 Å². The number of hydrogen-bond acceptors (Lipinski definition) is 2. The lowest BCUT2D eigenvalue weighted by atomic mass is 10.0. The van der Waals surface area contributed by atoms with E-state index in [0.717, 1.165) is 17.7 Å². The Morgan fingerprint density at radius 2 is 1.79 bits per heavy atom. The minimum Gasteiger partial charge on any atom is -0.508 e. The molecule has 2 N–H and O–H groups in total. The summed E-state index contributed by atoms with van der Waals surface area (Å²) < 4.78 is 0. The van der Waals surface area contributed by atoms with E-state index in [1.165, 1.54) is 11.1 Å². The second-order valence-electron chi connectivity index (χ2n) is 5.15. The highest BCUT2D eigenvalue weighted by molar-refractivity contribution is 5.37. The highest BCUT2D eigenvalue weighted by Crippen LogP contribution is 2.25. The highest BCUT2D eigenvalue weighted by atomic mass is 16.3. The summed E-state index contributed by atoms with van der Waals surface area (Å²) in [6, 6.07) is 14.3. The molecule has 0 heterocycles. The third-order valence-corrected chi connectivity index (χ3v) is 3.34. The minimum absolute atomic E-state index is 0.125.